The number of fused-ring (bicyclic) bond motifs is 1. The Labute approximate surface area is 115 Å². The third-order valence-electron chi connectivity index (χ3n) is 3.16. The zero-order chi connectivity index (χ0) is 14.1. The van der Waals surface area contributed by atoms with Gasteiger partial charge in [-0.05, 0) is 23.8 Å². The van der Waals surface area contributed by atoms with Crippen LogP contribution in [0.4, 0.5) is 4.39 Å². The van der Waals surface area contributed by atoms with E-state index in [-0.39, 0.29) is 11.7 Å². The molecule has 0 radical (unpaired) electrons. The number of aromatic nitrogens is 2. The van der Waals surface area contributed by atoms with Crippen molar-refractivity contribution in [1.29, 1.82) is 5.41 Å². The lowest BCUT2D eigenvalue weighted by atomic mass is 10.2. The molecule has 3 rings (SSSR count). The van der Waals surface area contributed by atoms with Crippen LogP contribution in [-0.2, 0) is 6.54 Å². The first-order chi connectivity index (χ1) is 9.65. The molecule has 3 N–H and O–H groups in total. The number of benzene rings is 2. The second kappa shape index (κ2) is 4.77. The topological polar surface area (TPSA) is 67.7 Å². The molecule has 1 heterocycles. The number of nitrogen functional groups attached to an aromatic ring is 1. The van der Waals surface area contributed by atoms with Crippen LogP contribution in [0.25, 0.3) is 10.9 Å². The molecule has 0 amide bonds. The fourth-order valence-corrected chi connectivity index (χ4v) is 2.21. The molecule has 0 aliphatic carbocycles. The van der Waals surface area contributed by atoms with E-state index in [0.717, 1.165) is 16.5 Å². The Morgan fingerprint density at radius 2 is 1.85 bits per heavy atom. The van der Waals surface area contributed by atoms with Crippen LogP contribution in [0, 0.1) is 11.2 Å². The highest BCUT2D eigenvalue weighted by atomic mass is 19.1. The van der Waals surface area contributed by atoms with Crippen molar-refractivity contribution in [3.05, 3.63) is 65.6 Å². The summed E-state index contributed by atoms with van der Waals surface area (Å²) >= 11 is 0. The van der Waals surface area contributed by atoms with Gasteiger partial charge in [-0.25, -0.2) is 4.39 Å². The van der Waals surface area contributed by atoms with Crippen molar-refractivity contribution in [1.82, 2.24) is 9.78 Å². The number of nitrogens with zero attached hydrogens (tertiary/aromatic N) is 2. The summed E-state index contributed by atoms with van der Waals surface area (Å²) in [5.41, 5.74) is 7.88. The number of amidine groups is 1. The molecule has 0 spiro atoms. The Hall–Kier alpha value is -2.69. The first-order valence-corrected chi connectivity index (χ1v) is 6.19. The summed E-state index contributed by atoms with van der Waals surface area (Å²) in [6.45, 7) is 0.508. The molecule has 0 atom stereocenters. The van der Waals surface area contributed by atoms with Gasteiger partial charge in [0.2, 0.25) is 0 Å². The van der Waals surface area contributed by atoms with Crippen LogP contribution in [0.5, 0.6) is 0 Å². The predicted molar refractivity (Wildman–Crippen MR) is 76.3 cm³/mol. The highest BCUT2D eigenvalue weighted by Gasteiger charge is 2.12. The second-order valence-corrected chi connectivity index (χ2v) is 4.56. The molecule has 0 fully saturated rings. The van der Waals surface area contributed by atoms with Gasteiger partial charge in [0.15, 0.2) is 0 Å². The predicted octanol–water partition coefficient (Wildman–Crippen LogP) is 2.51. The van der Waals surface area contributed by atoms with Crippen LogP contribution in [0.3, 0.4) is 0 Å². The summed E-state index contributed by atoms with van der Waals surface area (Å²) in [6, 6.07) is 13.9. The van der Waals surface area contributed by atoms with Gasteiger partial charge in [-0.3, -0.25) is 10.1 Å². The van der Waals surface area contributed by atoms with Crippen LogP contribution < -0.4 is 5.73 Å². The van der Waals surface area contributed by atoms with E-state index in [1.54, 1.807) is 16.8 Å². The molecule has 20 heavy (non-hydrogen) atoms. The van der Waals surface area contributed by atoms with E-state index in [9.17, 15) is 4.39 Å². The standard InChI is InChI=1S/C15H13FN4/c16-11-7-5-10(6-8-11)9-20-13-4-2-1-3-12(13)14(19-20)15(17)18/h1-8H,9H2,(H3,17,18). The van der Waals surface area contributed by atoms with E-state index < -0.39 is 0 Å². The van der Waals surface area contributed by atoms with E-state index >= 15 is 0 Å². The van der Waals surface area contributed by atoms with Crippen molar-refractivity contribution < 1.29 is 4.39 Å². The van der Waals surface area contributed by atoms with Crippen molar-refractivity contribution in [3.8, 4) is 0 Å². The Balaban J connectivity index is 2.07. The molecule has 2 aromatic carbocycles. The monoisotopic (exact) mass is 268 g/mol. The van der Waals surface area contributed by atoms with Crippen LogP contribution in [-0.4, -0.2) is 15.6 Å². The molecule has 4 nitrogen and oxygen atoms in total. The Morgan fingerprint density at radius 3 is 2.55 bits per heavy atom. The molecule has 1 aromatic heterocycles. The second-order valence-electron chi connectivity index (χ2n) is 4.56. The molecule has 0 aliphatic heterocycles. The quantitative estimate of drug-likeness (QED) is 0.566. The first kappa shape index (κ1) is 12.3. The minimum Gasteiger partial charge on any atom is -0.382 e. The third kappa shape index (κ3) is 2.14. The molecular weight excluding hydrogens is 255 g/mol. The molecule has 3 aromatic rings. The van der Waals surface area contributed by atoms with Crippen molar-refractivity contribution in [2.75, 3.05) is 0 Å². The van der Waals surface area contributed by atoms with Gasteiger partial charge in [-0.2, -0.15) is 5.10 Å². The largest absolute Gasteiger partial charge is 0.382 e. The zero-order valence-corrected chi connectivity index (χ0v) is 10.7. The van der Waals surface area contributed by atoms with E-state index in [4.69, 9.17) is 11.1 Å². The van der Waals surface area contributed by atoms with E-state index in [1.165, 1.54) is 12.1 Å². The summed E-state index contributed by atoms with van der Waals surface area (Å²) < 4.78 is 14.7. The maximum absolute atomic E-state index is 12.9. The van der Waals surface area contributed by atoms with Crippen molar-refractivity contribution in [2.45, 2.75) is 6.54 Å². The van der Waals surface area contributed by atoms with Crippen LogP contribution in [0.1, 0.15) is 11.3 Å². The Bertz CT molecular complexity index is 774. The molecule has 0 aliphatic rings. The summed E-state index contributed by atoms with van der Waals surface area (Å²) in [4.78, 5) is 0. The minimum absolute atomic E-state index is 0.0564. The number of para-hydroxylation sites is 1. The summed E-state index contributed by atoms with van der Waals surface area (Å²) in [5, 5.41) is 12.8. The SMILES string of the molecule is N=C(N)c1nn(Cc2ccc(F)cc2)c2ccccc12. The molecule has 0 saturated heterocycles. The van der Waals surface area contributed by atoms with E-state index in [2.05, 4.69) is 5.10 Å². The van der Waals surface area contributed by atoms with Crippen molar-refractivity contribution in [2.24, 2.45) is 5.73 Å². The number of rotatable bonds is 3. The Kier molecular flexibility index (Phi) is 2.95. The average Bonchev–Trinajstić information content (AvgIpc) is 2.81. The first-order valence-electron chi connectivity index (χ1n) is 6.19. The lowest BCUT2D eigenvalue weighted by Gasteiger charge is -2.03. The van der Waals surface area contributed by atoms with Gasteiger partial charge < -0.3 is 5.73 Å². The van der Waals surface area contributed by atoms with Gasteiger partial charge >= 0.3 is 0 Å². The molecule has 0 unspecified atom stereocenters. The number of hydrogen-bond acceptors (Lipinski definition) is 2. The van der Waals surface area contributed by atoms with Crippen LogP contribution in [0.2, 0.25) is 0 Å². The molecule has 100 valence electrons. The third-order valence-corrected chi connectivity index (χ3v) is 3.16. The highest BCUT2D eigenvalue weighted by molar-refractivity contribution is 6.05. The van der Waals surface area contributed by atoms with Crippen LogP contribution >= 0.6 is 0 Å². The number of hydrogen-bond donors (Lipinski definition) is 2. The fourth-order valence-electron chi connectivity index (χ4n) is 2.21. The molecule has 0 bridgehead atoms. The number of nitrogens with one attached hydrogen (secondary N) is 1. The summed E-state index contributed by atoms with van der Waals surface area (Å²) in [7, 11) is 0. The normalized spacial score (nSPS) is 10.8. The number of nitrogens with two attached hydrogens (primary N) is 1. The fraction of sp³-hybridized carbons (Fsp3) is 0.0667. The summed E-state index contributed by atoms with van der Waals surface area (Å²) in [5.74, 6) is -0.317. The lowest BCUT2D eigenvalue weighted by Crippen LogP contribution is -2.13. The van der Waals surface area contributed by atoms with Crippen LogP contribution in [0.15, 0.2) is 48.5 Å². The van der Waals surface area contributed by atoms with Gasteiger partial charge in [0.05, 0.1) is 12.1 Å². The number of halogens is 1. The van der Waals surface area contributed by atoms with E-state index in [0.29, 0.717) is 12.2 Å². The molecule has 5 heteroatoms. The smallest absolute Gasteiger partial charge is 0.144 e. The van der Waals surface area contributed by atoms with Gasteiger partial charge in [-0.15, -0.1) is 0 Å². The maximum atomic E-state index is 12.9. The minimum atomic E-state index is -0.261. The molecular formula is C15H13FN4. The van der Waals surface area contributed by atoms with Gasteiger partial charge in [0, 0.05) is 5.39 Å². The molecule has 0 saturated carbocycles. The van der Waals surface area contributed by atoms with Gasteiger partial charge in [-0.1, -0.05) is 30.3 Å². The zero-order valence-electron chi connectivity index (χ0n) is 10.7. The Morgan fingerprint density at radius 1 is 1.15 bits per heavy atom. The van der Waals surface area contributed by atoms with E-state index in [1.807, 2.05) is 24.3 Å². The van der Waals surface area contributed by atoms with Crippen molar-refractivity contribution >= 4 is 16.7 Å². The maximum Gasteiger partial charge on any atom is 0.144 e. The lowest BCUT2D eigenvalue weighted by molar-refractivity contribution is 0.625. The highest BCUT2D eigenvalue weighted by Crippen LogP contribution is 2.19. The van der Waals surface area contributed by atoms with Crippen molar-refractivity contribution in [3.63, 3.8) is 0 Å². The average molecular weight is 268 g/mol. The van der Waals surface area contributed by atoms with Gasteiger partial charge in [0.1, 0.15) is 17.3 Å². The van der Waals surface area contributed by atoms with Gasteiger partial charge in [0.25, 0.3) is 0 Å². The summed E-state index contributed by atoms with van der Waals surface area (Å²) in [6.07, 6.45) is 0.